The fraction of sp³-hybridized carbons (Fsp3) is 0.900. The molecule has 4 heteroatoms. The van der Waals surface area contributed by atoms with Gasteiger partial charge in [-0.25, -0.2) is 0 Å². The Morgan fingerprint density at radius 3 is 2.86 bits per heavy atom. The van der Waals surface area contributed by atoms with Gasteiger partial charge in [0, 0.05) is 20.1 Å². The van der Waals surface area contributed by atoms with Gasteiger partial charge >= 0.3 is 0 Å². The molecule has 0 N–H and O–H groups in total. The molecule has 1 heterocycles. The van der Waals surface area contributed by atoms with Crippen LogP contribution in [0.25, 0.3) is 0 Å². The predicted molar refractivity (Wildman–Crippen MR) is 58.6 cm³/mol. The van der Waals surface area contributed by atoms with E-state index in [1.807, 2.05) is 7.05 Å². The van der Waals surface area contributed by atoms with E-state index in [4.69, 9.17) is 11.6 Å². The molecule has 1 saturated heterocycles. The second-order valence-corrected chi connectivity index (χ2v) is 4.42. The number of amides is 1. The van der Waals surface area contributed by atoms with E-state index < -0.39 is 0 Å². The highest BCUT2D eigenvalue weighted by atomic mass is 35.5. The summed E-state index contributed by atoms with van der Waals surface area (Å²) in [5.74, 6) is 0.879. The van der Waals surface area contributed by atoms with Gasteiger partial charge in [-0.3, -0.25) is 4.79 Å². The summed E-state index contributed by atoms with van der Waals surface area (Å²) in [6.45, 7) is 3.20. The average molecular weight is 219 g/mol. The number of hydrogen-bond donors (Lipinski definition) is 0. The van der Waals surface area contributed by atoms with Crippen molar-refractivity contribution in [3.8, 4) is 0 Å². The van der Waals surface area contributed by atoms with Gasteiger partial charge in [0.15, 0.2) is 0 Å². The van der Waals surface area contributed by atoms with Gasteiger partial charge in [0.1, 0.15) is 5.88 Å². The van der Waals surface area contributed by atoms with Crippen LogP contribution >= 0.6 is 11.6 Å². The fourth-order valence-corrected chi connectivity index (χ4v) is 2.07. The molecule has 1 aliphatic rings. The molecule has 0 spiro atoms. The molecule has 1 atom stereocenters. The number of rotatable bonds is 4. The summed E-state index contributed by atoms with van der Waals surface area (Å²) in [6, 6.07) is 0. The first kappa shape index (κ1) is 11.8. The van der Waals surface area contributed by atoms with E-state index in [0.717, 1.165) is 18.9 Å². The van der Waals surface area contributed by atoms with Crippen LogP contribution in [0.5, 0.6) is 0 Å². The number of carbonyl (C=O) groups excluding carboxylic acids is 1. The normalized spacial score (nSPS) is 22.6. The highest BCUT2D eigenvalue weighted by Gasteiger charge is 2.20. The Hall–Kier alpha value is -0.280. The maximum atomic E-state index is 11.2. The van der Waals surface area contributed by atoms with Crippen LogP contribution in [0.15, 0.2) is 0 Å². The van der Waals surface area contributed by atoms with Crippen LogP contribution in [-0.4, -0.2) is 55.3 Å². The Labute approximate surface area is 91.0 Å². The van der Waals surface area contributed by atoms with Gasteiger partial charge < -0.3 is 9.80 Å². The minimum atomic E-state index is 0.0259. The minimum Gasteiger partial charge on any atom is -0.345 e. The zero-order chi connectivity index (χ0) is 10.6. The van der Waals surface area contributed by atoms with Crippen molar-refractivity contribution in [2.24, 2.45) is 5.92 Å². The second kappa shape index (κ2) is 5.56. The highest BCUT2D eigenvalue weighted by molar-refractivity contribution is 6.27. The smallest absolute Gasteiger partial charge is 0.237 e. The standard InChI is InChI=1S/C10H19ClN2O/c1-12-5-3-9(8-12)4-6-13(2)10(14)7-11/h9H,3-8H2,1-2H3. The highest BCUT2D eigenvalue weighted by Crippen LogP contribution is 2.17. The molecule has 0 aromatic carbocycles. The SMILES string of the molecule is CN1CCC(CCN(C)C(=O)CCl)C1. The molecule has 0 bridgehead atoms. The third-order valence-electron chi connectivity index (χ3n) is 2.90. The van der Waals surface area contributed by atoms with Crippen LogP contribution in [0, 0.1) is 5.92 Å². The van der Waals surface area contributed by atoms with Crippen LogP contribution in [0.2, 0.25) is 0 Å². The van der Waals surface area contributed by atoms with E-state index in [2.05, 4.69) is 11.9 Å². The molecule has 3 nitrogen and oxygen atoms in total. The van der Waals surface area contributed by atoms with Crippen molar-refractivity contribution in [1.82, 2.24) is 9.80 Å². The molecule has 1 rings (SSSR count). The lowest BCUT2D eigenvalue weighted by Crippen LogP contribution is -2.30. The van der Waals surface area contributed by atoms with Crippen molar-refractivity contribution in [3.05, 3.63) is 0 Å². The lowest BCUT2D eigenvalue weighted by molar-refractivity contribution is -0.127. The van der Waals surface area contributed by atoms with Crippen molar-refractivity contribution in [1.29, 1.82) is 0 Å². The van der Waals surface area contributed by atoms with Crippen molar-refractivity contribution in [2.45, 2.75) is 12.8 Å². The van der Waals surface area contributed by atoms with Gasteiger partial charge in [0.25, 0.3) is 0 Å². The topological polar surface area (TPSA) is 23.6 Å². The molecule has 14 heavy (non-hydrogen) atoms. The van der Waals surface area contributed by atoms with Crippen LogP contribution in [0.4, 0.5) is 0 Å². The monoisotopic (exact) mass is 218 g/mol. The third-order valence-corrected chi connectivity index (χ3v) is 3.13. The Morgan fingerprint density at radius 2 is 2.36 bits per heavy atom. The molecule has 0 aromatic rings. The summed E-state index contributed by atoms with van der Waals surface area (Å²) < 4.78 is 0. The number of carbonyl (C=O) groups is 1. The Balaban J connectivity index is 2.17. The first-order valence-electron chi connectivity index (χ1n) is 5.12. The van der Waals surface area contributed by atoms with E-state index in [0.29, 0.717) is 0 Å². The van der Waals surface area contributed by atoms with E-state index in [1.54, 1.807) is 4.90 Å². The van der Waals surface area contributed by atoms with Crippen LogP contribution < -0.4 is 0 Å². The van der Waals surface area contributed by atoms with Crippen LogP contribution in [0.3, 0.4) is 0 Å². The quantitative estimate of drug-likeness (QED) is 0.658. The molecule has 0 radical (unpaired) electrons. The predicted octanol–water partition coefficient (Wildman–Crippen LogP) is 1.03. The Morgan fingerprint density at radius 1 is 1.64 bits per heavy atom. The summed E-state index contributed by atoms with van der Waals surface area (Å²) in [6.07, 6.45) is 2.36. The van der Waals surface area contributed by atoms with Gasteiger partial charge in [-0.05, 0) is 32.4 Å². The zero-order valence-electron chi connectivity index (χ0n) is 9.00. The molecule has 1 aliphatic heterocycles. The Bertz CT molecular complexity index is 199. The number of halogens is 1. The third kappa shape index (κ3) is 3.46. The van der Waals surface area contributed by atoms with E-state index in [-0.39, 0.29) is 11.8 Å². The van der Waals surface area contributed by atoms with Crippen molar-refractivity contribution < 1.29 is 4.79 Å². The number of likely N-dealkylation sites (tertiary alicyclic amines) is 1. The van der Waals surface area contributed by atoms with Crippen LogP contribution in [-0.2, 0) is 4.79 Å². The molecular formula is C10H19ClN2O. The van der Waals surface area contributed by atoms with Crippen LogP contribution in [0.1, 0.15) is 12.8 Å². The van der Waals surface area contributed by atoms with Crippen molar-refractivity contribution in [3.63, 3.8) is 0 Å². The van der Waals surface area contributed by atoms with E-state index in [1.165, 1.54) is 19.5 Å². The van der Waals surface area contributed by atoms with Crippen molar-refractivity contribution in [2.75, 3.05) is 39.6 Å². The summed E-state index contributed by atoms with van der Waals surface area (Å²) >= 11 is 5.47. The van der Waals surface area contributed by atoms with Gasteiger partial charge in [-0.1, -0.05) is 0 Å². The summed E-state index contributed by atoms with van der Waals surface area (Å²) in [4.78, 5) is 15.2. The second-order valence-electron chi connectivity index (χ2n) is 4.15. The fourth-order valence-electron chi connectivity index (χ4n) is 1.86. The minimum absolute atomic E-state index is 0.0259. The van der Waals surface area contributed by atoms with Crippen molar-refractivity contribution >= 4 is 17.5 Å². The Kier molecular flexibility index (Phi) is 4.69. The average Bonchev–Trinajstić information content (AvgIpc) is 2.59. The number of alkyl halides is 1. The van der Waals surface area contributed by atoms with E-state index >= 15 is 0 Å². The molecule has 0 aliphatic carbocycles. The van der Waals surface area contributed by atoms with E-state index in [9.17, 15) is 4.79 Å². The summed E-state index contributed by atoms with van der Waals surface area (Å²) in [5.41, 5.74) is 0. The largest absolute Gasteiger partial charge is 0.345 e. The van der Waals surface area contributed by atoms with Gasteiger partial charge in [0.05, 0.1) is 0 Å². The maximum Gasteiger partial charge on any atom is 0.237 e. The molecule has 1 unspecified atom stereocenters. The molecule has 1 fully saturated rings. The molecule has 82 valence electrons. The number of nitrogens with zero attached hydrogens (tertiary/aromatic N) is 2. The molecule has 0 saturated carbocycles. The van der Waals surface area contributed by atoms with Gasteiger partial charge in [-0.2, -0.15) is 0 Å². The summed E-state index contributed by atoms with van der Waals surface area (Å²) in [5, 5.41) is 0. The van der Waals surface area contributed by atoms with Gasteiger partial charge in [0.2, 0.25) is 5.91 Å². The zero-order valence-corrected chi connectivity index (χ0v) is 9.76. The summed E-state index contributed by atoms with van der Waals surface area (Å²) in [7, 11) is 3.97. The first-order chi connectivity index (χ1) is 6.63. The molecule has 1 amide bonds. The number of hydrogen-bond acceptors (Lipinski definition) is 2. The molecule has 0 aromatic heterocycles. The molecular weight excluding hydrogens is 200 g/mol. The lowest BCUT2D eigenvalue weighted by Gasteiger charge is -2.18. The lowest BCUT2D eigenvalue weighted by atomic mass is 10.1. The maximum absolute atomic E-state index is 11.2. The van der Waals surface area contributed by atoms with Gasteiger partial charge in [-0.15, -0.1) is 11.6 Å². The first-order valence-corrected chi connectivity index (χ1v) is 5.65.